The summed E-state index contributed by atoms with van der Waals surface area (Å²) in [4.78, 5) is 24.2. The molecule has 0 amide bonds. The van der Waals surface area contributed by atoms with Gasteiger partial charge in [-0.2, -0.15) is 0 Å². The molecule has 0 aromatic heterocycles. The summed E-state index contributed by atoms with van der Waals surface area (Å²) in [6.07, 6.45) is 0. The van der Waals surface area contributed by atoms with Gasteiger partial charge in [-0.25, -0.2) is 9.59 Å². The molecule has 0 heterocycles. The highest BCUT2D eigenvalue weighted by molar-refractivity contribution is 7.99. The Kier molecular flexibility index (Phi) is 4.65. The molecule has 0 spiro atoms. The molecule has 4 nitrogen and oxygen atoms in total. The Morgan fingerprint density at radius 3 is 2.19 bits per heavy atom. The molecular weight excluding hydrogens is 288 g/mol. The Bertz CT molecular complexity index is 677. The number of hydrogen-bond donors (Lipinski definition) is 1. The second kappa shape index (κ2) is 6.45. The molecule has 0 saturated heterocycles. The maximum atomic E-state index is 11.5. The molecule has 0 aliphatic carbocycles. The summed E-state index contributed by atoms with van der Waals surface area (Å²) in [7, 11) is 1.36. The van der Waals surface area contributed by atoms with Crippen LogP contribution in [0.4, 0.5) is 0 Å². The van der Waals surface area contributed by atoms with Crippen molar-refractivity contribution in [2.75, 3.05) is 7.11 Å². The molecule has 1 N–H and O–H groups in total. The van der Waals surface area contributed by atoms with Gasteiger partial charge in [0, 0.05) is 9.79 Å². The SMILES string of the molecule is COC(=O)c1ccc(Sc2ccc(C(=O)O)cc2)cc1C. The topological polar surface area (TPSA) is 63.6 Å². The quantitative estimate of drug-likeness (QED) is 0.874. The van der Waals surface area contributed by atoms with Crippen LogP contribution in [0.15, 0.2) is 52.3 Å². The number of hydrogen-bond acceptors (Lipinski definition) is 4. The first kappa shape index (κ1) is 15.1. The number of aromatic carboxylic acids is 1. The highest BCUT2D eigenvalue weighted by Crippen LogP contribution is 2.29. The zero-order chi connectivity index (χ0) is 15.4. The van der Waals surface area contributed by atoms with Crippen LogP contribution in [-0.4, -0.2) is 24.2 Å². The van der Waals surface area contributed by atoms with Gasteiger partial charge in [0.15, 0.2) is 0 Å². The fraction of sp³-hybridized carbons (Fsp3) is 0.125. The van der Waals surface area contributed by atoms with Gasteiger partial charge in [-0.3, -0.25) is 0 Å². The summed E-state index contributed by atoms with van der Waals surface area (Å²) in [5.41, 5.74) is 1.65. The van der Waals surface area contributed by atoms with Gasteiger partial charge in [0.2, 0.25) is 0 Å². The lowest BCUT2D eigenvalue weighted by Gasteiger charge is -2.07. The third-order valence-corrected chi connectivity index (χ3v) is 3.94. The highest BCUT2D eigenvalue weighted by Gasteiger charge is 2.10. The van der Waals surface area contributed by atoms with E-state index in [1.165, 1.54) is 18.9 Å². The summed E-state index contributed by atoms with van der Waals surface area (Å²) in [6, 6.07) is 12.1. The molecule has 0 fully saturated rings. The van der Waals surface area contributed by atoms with Crippen molar-refractivity contribution in [3.63, 3.8) is 0 Å². The predicted octanol–water partition coefficient (Wildman–Crippen LogP) is 3.63. The number of carboxylic acids is 1. The molecule has 2 rings (SSSR count). The number of rotatable bonds is 4. The molecule has 108 valence electrons. The van der Waals surface area contributed by atoms with Gasteiger partial charge in [-0.1, -0.05) is 11.8 Å². The van der Waals surface area contributed by atoms with Gasteiger partial charge in [0.05, 0.1) is 18.2 Å². The first-order valence-electron chi connectivity index (χ1n) is 6.21. The second-order valence-electron chi connectivity index (χ2n) is 4.40. The van der Waals surface area contributed by atoms with Crippen molar-refractivity contribution in [3.05, 3.63) is 59.2 Å². The molecule has 0 aliphatic rings. The van der Waals surface area contributed by atoms with Gasteiger partial charge in [-0.15, -0.1) is 0 Å². The van der Waals surface area contributed by atoms with Crippen molar-refractivity contribution < 1.29 is 19.4 Å². The van der Waals surface area contributed by atoms with Crippen LogP contribution in [0.3, 0.4) is 0 Å². The number of methoxy groups -OCH3 is 1. The molecule has 0 unspecified atom stereocenters. The van der Waals surface area contributed by atoms with Crippen molar-refractivity contribution in [2.24, 2.45) is 0 Å². The van der Waals surface area contributed by atoms with Crippen molar-refractivity contribution in [3.8, 4) is 0 Å². The number of benzene rings is 2. The molecule has 0 atom stereocenters. The van der Waals surface area contributed by atoms with E-state index in [0.717, 1.165) is 15.4 Å². The zero-order valence-electron chi connectivity index (χ0n) is 11.6. The van der Waals surface area contributed by atoms with Gasteiger partial charge >= 0.3 is 11.9 Å². The van der Waals surface area contributed by atoms with E-state index < -0.39 is 5.97 Å². The average molecular weight is 302 g/mol. The van der Waals surface area contributed by atoms with Crippen LogP contribution in [0.2, 0.25) is 0 Å². The van der Waals surface area contributed by atoms with E-state index in [1.54, 1.807) is 30.3 Å². The minimum absolute atomic E-state index is 0.261. The van der Waals surface area contributed by atoms with Crippen LogP contribution in [0.25, 0.3) is 0 Å². The number of ether oxygens (including phenoxy) is 1. The number of carboxylic acid groups (broad SMARTS) is 1. The molecule has 0 aliphatic heterocycles. The van der Waals surface area contributed by atoms with E-state index in [4.69, 9.17) is 9.84 Å². The van der Waals surface area contributed by atoms with Crippen molar-refractivity contribution in [2.45, 2.75) is 16.7 Å². The smallest absolute Gasteiger partial charge is 0.338 e. The first-order chi connectivity index (χ1) is 10.0. The minimum Gasteiger partial charge on any atom is -0.478 e. The molecular formula is C16H14O4S. The van der Waals surface area contributed by atoms with E-state index >= 15 is 0 Å². The zero-order valence-corrected chi connectivity index (χ0v) is 12.4. The van der Waals surface area contributed by atoms with E-state index in [-0.39, 0.29) is 11.5 Å². The fourth-order valence-electron chi connectivity index (χ4n) is 1.84. The number of aryl methyl sites for hydroxylation is 1. The lowest BCUT2D eigenvalue weighted by atomic mass is 10.1. The molecule has 5 heteroatoms. The summed E-state index contributed by atoms with van der Waals surface area (Å²) in [6.45, 7) is 1.85. The van der Waals surface area contributed by atoms with Gasteiger partial charge in [0.1, 0.15) is 0 Å². The Morgan fingerprint density at radius 2 is 1.67 bits per heavy atom. The highest BCUT2D eigenvalue weighted by atomic mass is 32.2. The Hall–Kier alpha value is -2.27. The van der Waals surface area contributed by atoms with Crippen molar-refractivity contribution in [1.29, 1.82) is 0 Å². The molecule has 0 radical (unpaired) electrons. The van der Waals surface area contributed by atoms with Crippen LogP contribution in [0.5, 0.6) is 0 Å². The summed E-state index contributed by atoms with van der Waals surface area (Å²) < 4.78 is 4.71. The number of esters is 1. The summed E-state index contributed by atoms with van der Waals surface area (Å²) >= 11 is 1.51. The van der Waals surface area contributed by atoms with E-state index in [9.17, 15) is 9.59 Å². The maximum Gasteiger partial charge on any atom is 0.338 e. The van der Waals surface area contributed by atoms with Gasteiger partial charge < -0.3 is 9.84 Å². The standard InChI is InChI=1S/C16H14O4S/c1-10-9-13(7-8-14(10)16(19)20-2)21-12-5-3-11(4-6-12)15(17)18/h3-9H,1-2H3,(H,17,18). The molecule has 2 aromatic rings. The first-order valence-corrected chi connectivity index (χ1v) is 7.03. The van der Waals surface area contributed by atoms with Crippen LogP contribution in [0, 0.1) is 6.92 Å². The van der Waals surface area contributed by atoms with Gasteiger partial charge in [0.25, 0.3) is 0 Å². The van der Waals surface area contributed by atoms with E-state index in [0.29, 0.717) is 5.56 Å². The van der Waals surface area contributed by atoms with Crippen molar-refractivity contribution >= 4 is 23.7 Å². The normalized spacial score (nSPS) is 10.2. The lowest BCUT2D eigenvalue weighted by Crippen LogP contribution is -2.03. The van der Waals surface area contributed by atoms with Crippen LogP contribution in [-0.2, 0) is 4.74 Å². The predicted molar refractivity (Wildman–Crippen MR) is 80.0 cm³/mol. The molecule has 0 saturated carbocycles. The van der Waals surface area contributed by atoms with Crippen molar-refractivity contribution in [1.82, 2.24) is 0 Å². The van der Waals surface area contributed by atoms with Crippen LogP contribution < -0.4 is 0 Å². The number of carbonyl (C=O) groups is 2. The van der Waals surface area contributed by atoms with E-state index in [2.05, 4.69) is 0 Å². The largest absolute Gasteiger partial charge is 0.478 e. The van der Waals surface area contributed by atoms with Gasteiger partial charge in [-0.05, 0) is 55.0 Å². The molecule has 21 heavy (non-hydrogen) atoms. The molecule has 0 bridgehead atoms. The third-order valence-electron chi connectivity index (χ3n) is 2.94. The van der Waals surface area contributed by atoms with E-state index in [1.807, 2.05) is 19.1 Å². The summed E-state index contributed by atoms with van der Waals surface area (Å²) in [5.74, 6) is -1.29. The maximum absolute atomic E-state index is 11.5. The monoisotopic (exact) mass is 302 g/mol. The Morgan fingerprint density at radius 1 is 1.05 bits per heavy atom. The lowest BCUT2D eigenvalue weighted by molar-refractivity contribution is 0.0599. The fourth-order valence-corrected chi connectivity index (χ4v) is 2.76. The van der Waals surface area contributed by atoms with Crippen LogP contribution >= 0.6 is 11.8 Å². The second-order valence-corrected chi connectivity index (χ2v) is 5.55. The Balaban J connectivity index is 2.18. The third kappa shape index (κ3) is 3.64. The molecule has 2 aromatic carbocycles. The minimum atomic E-state index is -0.940. The number of carbonyl (C=O) groups excluding carboxylic acids is 1. The van der Waals surface area contributed by atoms with Crippen LogP contribution in [0.1, 0.15) is 26.3 Å². The average Bonchev–Trinajstić information content (AvgIpc) is 2.47. The summed E-state index contributed by atoms with van der Waals surface area (Å²) in [5, 5.41) is 8.86. The Labute approximate surface area is 126 Å².